The first-order chi connectivity index (χ1) is 4.70. The number of rotatable bonds is 1. The topological polar surface area (TPSA) is 15.3 Å². The molecule has 0 aromatic heterocycles. The fraction of sp³-hybridized carbons (Fsp3) is 1.00. The molecular weight excluding hydrogens is 124 g/mol. The van der Waals surface area contributed by atoms with Crippen LogP contribution in [0.2, 0.25) is 0 Å². The summed E-state index contributed by atoms with van der Waals surface area (Å²) < 4.78 is 0. The molecule has 0 amide bonds. The van der Waals surface area contributed by atoms with Crippen LogP contribution in [0.3, 0.4) is 0 Å². The smallest absolute Gasteiger partial charge is 0.0217 e. The van der Waals surface area contributed by atoms with Crippen LogP contribution in [-0.2, 0) is 0 Å². The van der Waals surface area contributed by atoms with Crippen LogP contribution in [0.15, 0.2) is 0 Å². The molecule has 0 aliphatic carbocycles. The zero-order valence-corrected chi connectivity index (χ0v) is 7.22. The van der Waals surface area contributed by atoms with Crippen LogP contribution in [0.4, 0.5) is 0 Å². The van der Waals surface area contributed by atoms with Crippen LogP contribution in [0, 0.1) is 5.92 Å². The molecule has 0 unspecified atom stereocenters. The molecule has 2 heteroatoms. The lowest BCUT2D eigenvalue weighted by Crippen LogP contribution is -2.45. The molecule has 10 heavy (non-hydrogen) atoms. The quantitative estimate of drug-likeness (QED) is 0.575. The Morgan fingerprint density at radius 2 is 2.00 bits per heavy atom. The van der Waals surface area contributed by atoms with Crippen LogP contribution in [0.5, 0.6) is 0 Å². The normalized spacial score (nSPS) is 34.8. The minimum absolute atomic E-state index is 0.753. The number of nitrogens with zero attached hydrogens (tertiary/aromatic N) is 1. The average Bonchev–Trinajstić information content (AvgIpc) is 1.88. The highest BCUT2D eigenvalue weighted by molar-refractivity contribution is 4.78. The third-order valence-corrected chi connectivity index (χ3v) is 2.28. The number of hydrogen-bond donors (Lipinski definition) is 1. The lowest BCUT2D eigenvalue weighted by molar-refractivity contribution is 0.208. The second-order valence-corrected chi connectivity index (χ2v) is 3.62. The highest BCUT2D eigenvalue weighted by Crippen LogP contribution is 2.12. The molecular formula is C8H18N2. The van der Waals surface area contributed by atoms with Crippen molar-refractivity contribution in [2.24, 2.45) is 5.92 Å². The van der Waals surface area contributed by atoms with Crippen LogP contribution in [0.25, 0.3) is 0 Å². The molecule has 0 aromatic rings. The molecule has 0 saturated carbocycles. The maximum atomic E-state index is 3.42. The Bertz CT molecular complexity index is 101. The standard InChI is InChI=1S/C8H18N2/c1-7-4-8(10(2)3)6-9-5-7/h7-9H,4-6H2,1-3H3/t7-,8-/m0/s1. The van der Waals surface area contributed by atoms with Crippen molar-refractivity contribution in [3.8, 4) is 0 Å². The zero-order valence-electron chi connectivity index (χ0n) is 7.22. The van der Waals surface area contributed by atoms with E-state index in [2.05, 4.69) is 31.2 Å². The fourth-order valence-electron chi connectivity index (χ4n) is 1.52. The van der Waals surface area contributed by atoms with Crippen molar-refractivity contribution in [3.05, 3.63) is 0 Å². The Kier molecular flexibility index (Phi) is 2.69. The summed E-state index contributed by atoms with van der Waals surface area (Å²) in [6.45, 7) is 4.67. The monoisotopic (exact) mass is 142 g/mol. The van der Waals surface area contributed by atoms with E-state index >= 15 is 0 Å². The van der Waals surface area contributed by atoms with E-state index in [4.69, 9.17) is 0 Å². The van der Waals surface area contributed by atoms with Gasteiger partial charge in [-0.05, 0) is 33.0 Å². The van der Waals surface area contributed by atoms with Gasteiger partial charge in [-0.2, -0.15) is 0 Å². The fourth-order valence-corrected chi connectivity index (χ4v) is 1.52. The number of nitrogens with one attached hydrogen (secondary N) is 1. The van der Waals surface area contributed by atoms with Crippen molar-refractivity contribution < 1.29 is 0 Å². The van der Waals surface area contributed by atoms with Crippen molar-refractivity contribution in [2.75, 3.05) is 27.2 Å². The predicted octanol–water partition coefficient (Wildman–Crippen LogP) is 0.546. The van der Waals surface area contributed by atoms with Gasteiger partial charge in [0.05, 0.1) is 0 Å². The Hall–Kier alpha value is -0.0800. The third-order valence-electron chi connectivity index (χ3n) is 2.28. The van der Waals surface area contributed by atoms with E-state index in [0.717, 1.165) is 18.5 Å². The van der Waals surface area contributed by atoms with E-state index in [9.17, 15) is 0 Å². The summed E-state index contributed by atoms with van der Waals surface area (Å²) in [5.41, 5.74) is 0. The van der Waals surface area contributed by atoms with Gasteiger partial charge >= 0.3 is 0 Å². The van der Waals surface area contributed by atoms with E-state index in [0.29, 0.717) is 0 Å². The molecule has 60 valence electrons. The second-order valence-electron chi connectivity index (χ2n) is 3.62. The van der Waals surface area contributed by atoms with Crippen molar-refractivity contribution >= 4 is 0 Å². The summed E-state index contributed by atoms with van der Waals surface area (Å²) >= 11 is 0. The van der Waals surface area contributed by atoms with Gasteiger partial charge in [-0.25, -0.2) is 0 Å². The Labute approximate surface area is 63.6 Å². The van der Waals surface area contributed by atoms with Crippen LogP contribution >= 0.6 is 0 Å². The van der Waals surface area contributed by atoms with E-state index < -0.39 is 0 Å². The van der Waals surface area contributed by atoms with Gasteiger partial charge in [0, 0.05) is 12.6 Å². The summed E-state index contributed by atoms with van der Waals surface area (Å²) in [4.78, 5) is 2.31. The van der Waals surface area contributed by atoms with Gasteiger partial charge in [0.2, 0.25) is 0 Å². The summed E-state index contributed by atoms with van der Waals surface area (Å²) in [5.74, 6) is 0.848. The average molecular weight is 142 g/mol. The Morgan fingerprint density at radius 3 is 2.40 bits per heavy atom. The number of piperidine rings is 1. The van der Waals surface area contributed by atoms with Gasteiger partial charge in [-0.3, -0.25) is 0 Å². The molecule has 2 atom stereocenters. The number of hydrogen-bond acceptors (Lipinski definition) is 2. The van der Waals surface area contributed by atoms with Gasteiger partial charge < -0.3 is 10.2 Å². The van der Waals surface area contributed by atoms with E-state index in [1.807, 2.05) is 0 Å². The van der Waals surface area contributed by atoms with Crippen LogP contribution in [-0.4, -0.2) is 38.1 Å². The summed E-state index contributed by atoms with van der Waals surface area (Å²) in [7, 11) is 4.31. The largest absolute Gasteiger partial charge is 0.315 e. The molecule has 1 heterocycles. The Morgan fingerprint density at radius 1 is 1.30 bits per heavy atom. The van der Waals surface area contributed by atoms with Crippen molar-refractivity contribution in [1.82, 2.24) is 10.2 Å². The minimum Gasteiger partial charge on any atom is -0.315 e. The zero-order chi connectivity index (χ0) is 7.56. The molecule has 1 aliphatic rings. The van der Waals surface area contributed by atoms with Crippen molar-refractivity contribution in [2.45, 2.75) is 19.4 Å². The first-order valence-corrected chi connectivity index (χ1v) is 4.07. The first kappa shape index (κ1) is 8.02. The maximum Gasteiger partial charge on any atom is 0.0217 e. The molecule has 1 N–H and O–H groups in total. The van der Waals surface area contributed by atoms with E-state index in [1.165, 1.54) is 13.0 Å². The van der Waals surface area contributed by atoms with E-state index in [-0.39, 0.29) is 0 Å². The first-order valence-electron chi connectivity index (χ1n) is 4.07. The molecule has 1 saturated heterocycles. The highest BCUT2D eigenvalue weighted by Gasteiger charge is 2.19. The molecule has 1 fully saturated rings. The van der Waals surface area contributed by atoms with Gasteiger partial charge in [0.15, 0.2) is 0 Å². The highest BCUT2D eigenvalue weighted by atomic mass is 15.1. The molecule has 1 rings (SSSR count). The van der Waals surface area contributed by atoms with Gasteiger partial charge in [0.1, 0.15) is 0 Å². The Balaban J connectivity index is 2.32. The SMILES string of the molecule is C[C@@H]1CNC[C@@H](N(C)C)C1. The molecule has 0 aromatic carbocycles. The van der Waals surface area contributed by atoms with Gasteiger partial charge in [-0.1, -0.05) is 6.92 Å². The van der Waals surface area contributed by atoms with Crippen LogP contribution < -0.4 is 5.32 Å². The van der Waals surface area contributed by atoms with Crippen LogP contribution in [0.1, 0.15) is 13.3 Å². The molecule has 0 spiro atoms. The van der Waals surface area contributed by atoms with E-state index in [1.54, 1.807) is 0 Å². The minimum atomic E-state index is 0.753. The summed E-state index contributed by atoms with van der Waals surface area (Å²) in [5, 5.41) is 3.42. The third kappa shape index (κ3) is 1.96. The van der Waals surface area contributed by atoms with Gasteiger partial charge in [0.25, 0.3) is 0 Å². The van der Waals surface area contributed by atoms with Crippen molar-refractivity contribution in [1.29, 1.82) is 0 Å². The predicted molar refractivity (Wildman–Crippen MR) is 44.1 cm³/mol. The summed E-state index contributed by atoms with van der Waals surface area (Å²) in [6, 6.07) is 0.753. The second kappa shape index (κ2) is 3.35. The lowest BCUT2D eigenvalue weighted by atomic mass is 9.97. The molecule has 2 nitrogen and oxygen atoms in total. The lowest BCUT2D eigenvalue weighted by Gasteiger charge is -2.32. The summed E-state index contributed by atoms with van der Waals surface area (Å²) in [6.07, 6.45) is 1.35. The molecule has 0 radical (unpaired) electrons. The molecule has 0 bridgehead atoms. The van der Waals surface area contributed by atoms with Crippen molar-refractivity contribution in [3.63, 3.8) is 0 Å². The number of likely N-dealkylation sites (N-methyl/N-ethyl adjacent to an activating group) is 1. The van der Waals surface area contributed by atoms with Gasteiger partial charge in [-0.15, -0.1) is 0 Å². The maximum absolute atomic E-state index is 3.42. The molecule has 1 aliphatic heterocycles.